The van der Waals surface area contributed by atoms with E-state index in [2.05, 4.69) is 27.1 Å². The smallest absolute Gasteiger partial charge is 0.144 e. The zero-order chi connectivity index (χ0) is 13.0. The van der Waals surface area contributed by atoms with Crippen LogP contribution in [0.15, 0.2) is 12.3 Å². The lowest BCUT2D eigenvalue weighted by atomic mass is 10.3. The first-order valence-corrected chi connectivity index (χ1v) is 6.86. The Morgan fingerprint density at radius 2 is 2.00 bits per heavy atom. The summed E-state index contributed by atoms with van der Waals surface area (Å²) in [5.74, 6) is 0.704. The van der Waals surface area contributed by atoms with Gasteiger partial charge in [0.05, 0.1) is 10.0 Å². The van der Waals surface area contributed by atoms with Crippen LogP contribution in [0.1, 0.15) is 0 Å². The topological polar surface area (TPSA) is 31.4 Å². The summed E-state index contributed by atoms with van der Waals surface area (Å²) in [5, 5.41) is 4.37. The maximum atomic E-state index is 6.04. The summed E-state index contributed by atoms with van der Waals surface area (Å²) >= 11 is 11.8. The van der Waals surface area contributed by atoms with Crippen molar-refractivity contribution in [1.29, 1.82) is 0 Å². The predicted octanol–water partition coefficient (Wildman–Crippen LogP) is 2.05. The average molecular weight is 289 g/mol. The Kier molecular flexibility index (Phi) is 5.06. The Balaban J connectivity index is 1.75. The van der Waals surface area contributed by atoms with E-state index < -0.39 is 0 Å². The van der Waals surface area contributed by atoms with Crippen molar-refractivity contribution in [3.63, 3.8) is 0 Å². The normalized spacial score (nSPS) is 17.9. The summed E-state index contributed by atoms with van der Waals surface area (Å²) in [7, 11) is 2.16. The molecule has 6 heteroatoms. The maximum Gasteiger partial charge on any atom is 0.144 e. The molecule has 1 aliphatic heterocycles. The molecule has 0 aliphatic carbocycles. The number of hydrogen-bond donors (Lipinski definition) is 1. The van der Waals surface area contributed by atoms with Gasteiger partial charge in [-0.05, 0) is 13.1 Å². The van der Waals surface area contributed by atoms with Gasteiger partial charge in [-0.3, -0.25) is 4.90 Å². The lowest BCUT2D eigenvalue weighted by Gasteiger charge is -2.32. The molecular weight excluding hydrogens is 271 g/mol. The number of aromatic nitrogens is 1. The highest BCUT2D eigenvalue weighted by atomic mass is 35.5. The number of rotatable bonds is 4. The summed E-state index contributed by atoms with van der Waals surface area (Å²) < 4.78 is 0. The van der Waals surface area contributed by atoms with Gasteiger partial charge in [0.25, 0.3) is 0 Å². The van der Waals surface area contributed by atoms with E-state index in [-0.39, 0.29) is 0 Å². The van der Waals surface area contributed by atoms with Crippen LogP contribution in [0.4, 0.5) is 5.82 Å². The summed E-state index contributed by atoms with van der Waals surface area (Å²) in [6, 6.07) is 1.70. The molecule has 1 N–H and O–H groups in total. The first-order chi connectivity index (χ1) is 8.65. The van der Waals surface area contributed by atoms with Gasteiger partial charge in [-0.25, -0.2) is 4.98 Å². The largest absolute Gasteiger partial charge is 0.368 e. The van der Waals surface area contributed by atoms with Crippen LogP contribution in [-0.4, -0.2) is 61.1 Å². The second-order valence-corrected chi connectivity index (χ2v) is 5.40. The molecule has 0 atom stereocenters. The second kappa shape index (κ2) is 6.57. The van der Waals surface area contributed by atoms with E-state index in [1.54, 1.807) is 12.3 Å². The molecule has 2 rings (SSSR count). The highest BCUT2D eigenvalue weighted by Crippen LogP contribution is 2.22. The first-order valence-electron chi connectivity index (χ1n) is 6.11. The number of hydrogen-bond acceptors (Lipinski definition) is 4. The zero-order valence-electron chi connectivity index (χ0n) is 10.5. The van der Waals surface area contributed by atoms with Crippen molar-refractivity contribution in [2.24, 2.45) is 0 Å². The van der Waals surface area contributed by atoms with Crippen molar-refractivity contribution < 1.29 is 0 Å². The van der Waals surface area contributed by atoms with E-state index in [9.17, 15) is 0 Å². The van der Waals surface area contributed by atoms with Crippen LogP contribution in [0, 0.1) is 0 Å². The number of anilines is 1. The van der Waals surface area contributed by atoms with Gasteiger partial charge in [0.2, 0.25) is 0 Å². The molecule has 100 valence electrons. The molecule has 18 heavy (non-hydrogen) atoms. The minimum atomic E-state index is 0.560. The van der Waals surface area contributed by atoms with E-state index in [0.717, 1.165) is 39.3 Å². The Labute approximate surface area is 118 Å². The minimum Gasteiger partial charge on any atom is -0.368 e. The maximum absolute atomic E-state index is 6.04. The Morgan fingerprint density at radius 1 is 1.28 bits per heavy atom. The van der Waals surface area contributed by atoms with Crippen LogP contribution >= 0.6 is 23.2 Å². The Morgan fingerprint density at radius 3 is 2.67 bits per heavy atom. The fraction of sp³-hybridized carbons (Fsp3) is 0.583. The third kappa shape index (κ3) is 3.99. The van der Waals surface area contributed by atoms with E-state index in [4.69, 9.17) is 23.2 Å². The van der Waals surface area contributed by atoms with Crippen molar-refractivity contribution in [3.8, 4) is 0 Å². The molecule has 0 radical (unpaired) electrons. The number of likely N-dealkylation sites (N-methyl/N-ethyl adjacent to an activating group) is 1. The molecule has 4 nitrogen and oxygen atoms in total. The predicted molar refractivity (Wildman–Crippen MR) is 76.7 cm³/mol. The van der Waals surface area contributed by atoms with Gasteiger partial charge in [-0.2, -0.15) is 0 Å². The molecule has 0 amide bonds. The van der Waals surface area contributed by atoms with Crippen LogP contribution in [0.2, 0.25) is 10.0 Å². The van der Waals surface area contributed by atoms with Crippen molar-refractivity contribution in [1.82, 2.24) is 14.8 Å². The first kappa shape index (κ1) is 13.9. The van der Waals surface area contributed by atoms with Crippen LogP contribution in [0.25, 0.3) is 0 Å². The molecule has 1 aromatic rings. The van der Waals surface area contributed by atoms with Gasteiger partial charge < -0.3 is 10.2 Å². The molecule has 0 spiro atoms. The monoisotopic (exact) mass is 288 g/mol. The quantitative estimate of drug-likeness (QED) is 0.919. The van der Waals surface area contributed by atoms with E-state index >= 15 is 0 Å². The molecule has 1 fully saturated rings. The number of nitrogens with one attached hydrogen (secondary N) is 1. The summed E-state index contributed by atoms with van der Waals surface area (Å²) in [5.41, 5.74) is 0. The van der Waals surface area contributed by atoms with Crippen molar-refractivity contribution >= 4 is 29.0 Å². The Hall–Kier alpha value is -0.550. The second-order valence-electron chi connectivity index (χ2n) is 4.56. The summed E-state index contributed by atoms with van der Waals surface area (Å²) in [6.07, 6.45) is 1.60. The number of nitrogens with zero attached hydrogens (tertiary/aromatic N) is 3. The number of halogens is 2. The van der Waals surface area contributed by atoms with E-state index in [0.29, 0.717) is 15.9 Å². The van der Waals surface area contributed by atoms with Gasteiger partial charge >= 0.3 is 0 Å². The van der Waals surface area contributed by atoms with E-state index in [1.807, 2.05) is 0 Å². The van der Waals surface area contributed by atoms with Gasteiger partial charge in [-0.1, -0.05) is 23.2 Å². The third-order valence-corrected chi connectivity index (χ3v) is 3.62. The molecule has 0 aromatic carbocycles. The van der Waals surface area contributed by atoms with Crippen molar-refractivity contribution in [3.05, 3.63) is 22.3 Å². The molecule has 0 saturated carbocycles. The molecule has 0 unspecified atom stereocenters. The molecule has 1 saturated heterocycles. The standard InChI is InChI=1S/C12H18Cl2N4/c1-17-4-6-18(7-5-17)3-2-15-12-11(14)8-10(13)9-16-12/h8-9H,2-7H2,1H3,(H,15,16). The Bertz CT molecular complexity index is 392. The number of pyridine rings is 1. The molecule has 0 bridgehead atoms. The summed E-state index contributed by atoms with van der Waals surface area (Å²) in [6.45, 7) is 6.38. The fourth-order valence-electron chi connectivity index (χ4n) is 1.95. The average Bonchev–Trinajstić information content (AvgIpc) is 2.34. The zero-order valence-corrected chi connectivity index (χ0v) is 12.0. The lowest BCUT2D eigenvalue weighted by Crippen LogP contribution is -2.45. The van der Waals surface area contributed by atoms with Gasteiger partial charge in [0.15, 0.2) is 0 Å². The van der Waals surface area contributed by atoms with Gasteiger partial charge in [-0.15, -0.1) is 0 Å². The molecule has 2 heterocycles. The van der Waals surface area contributed by atoms with Gasteiger partial charge in [0.1, 0.15) is 5.82 Å². The minimum absolute atomic E-state index is 0.560. The lowest BCUT2D eigenvalue weighted by molar-refractivity contribution is 0.158. The van der Waals surface area contributed by atoms with Gasteiger partial charge in [0, 0.05) is 45.5 Å². The van der Waals surface area contributed by atoms with Crippen LogP contribution < -0.4 is 5.32 Å². The summed E-state index contributed by atoms with van der Waals surface area (Å²) in [4.78, 5) is 8.96. The molecular formula is C12H18Cl2N4. The third-order valence-electron chi connectivity index (χ3n) is 3.12. The van der Waals surface area contributed by atoms with Crippen molar-refractivity contribution in [2.75, 3.05) is 51.6 Å². The highest BCUT2D eigenvalue weighted by Gasteiger charge is 2.13. The highest BCUT2D eigenvalue weighted by molar-refractivity contribution is 6.35. The molecule has 1 aromatic heterocycles. The van der Waals surface area contributed by atoms with Crippen LogP contribution in [-0.2, 0) is 0 Å². The SMILES string of the molecule is CN1CCN(CCNc2ncc(Cl)cc2Cl)CC1. The van der Waals surface area contributed by atoms with Crippen LogP contribution in [0.3, 0.4) is 0 Å². The van der Waals surface area contributed by atoms with E-state index in [1.165, 1.54) is 0 Å². The fourth-order valence-corrected chi connectivity index (χ4v) is 2.40. The molecule has 1 aliphatic rings. The van der Waals surface area contributed by atoms with Crippen LogP contribution in [0.5, 0.6) is 0 Å². The van der Waals surface area contributed by atoms with Crippen molar-refractivity contribution in [2.45, 2.75) is 0 Å². The number of piperazine rings is 1.